The second-order valence-corrected chi connectivity index (χ2v) is 7.88. The largest absolute Gasteiger partial charge is 0.387 e. The van der Waals surface area contributed by atoms with Gasteiger partial charge in [-0.3, -0.25) is 4.98 Å². The van der Waals surface area contributed by atoms with Crippen LogP contribution in [-0.2, 0) is 0 Å². The molecule has 28 heavy (non-hydrogen) atoms. The fourth-order valence-electron chi connectivity index (χ4n) is 3.61. The molecule has 1 aromatic heterocycles. The third-order valence-corrected chi connectivity index (χ3v) is 5.51. The van der Waals surface area contributed by atoms with Gasteiger partial charge in [0.1, 0.15) is 0 Å². The van der Waals surface area contributed by atoms with E-state index < -0.39 is 6.10 Å². The second-order valence-electron chi connectivity index (χ2n) is 7.47. The number of unbranched alkanes of at least 4 members (excludes halogenated alkanes) is 6. The van der Waals surface area contributed by atoms with Gasteiger partial charge in [-0.05, 0) is 43.6 Å². The Hall–Kier alpha value is -0.870. The number of hydrogen-bond acceptors (Lipinski definition) is 3. The van der Waals surface area contributed by atoms with Gasteiger partial charge in [-0.2, -0.15) is 0 Å². The van der Waals surface area contributed by atoms with Crippen LogP contribution in [0.25, 0.3) is 10.9 Å². The van der Waals surface area contributed by atoms with Crippen molar-refractivity contribution in [3.8, 4) is 0 Å². The highest BCUT2D eigenvalue weighted by Gasteiger charge is 2.16. The van der Waals surface area contributed by atoms with Gasteiger partial charge in [0.15, 0.2) is 0 Å². The van der Waals surface area contributed by atoms with Crippen LogP contribution in [0.15, 0.2) is 30.5 Å². The van der Waals surface area contributed by atoms with Gasteiger partial charge in [-0.25, -0.2) is 0 Å². The summed E-state index contributed by atoms with van der Waals surface area (Å²) in [6, 6.07) is 7.70. The quantitative estimate of drug-likeness (QED) is 0.357. The van der Waals surface area contributed by atoms with Crippen molar-refractivity contribution in [2.45, 2.75) is 71.3 Å². The molecule has 0 fully saturated rings. The Morgan fingerprint density at radius 3 is 2.21 bits per heavy atom. The van der Waals surface area contributed by atoms with Crippen LogP contribution in [0.5, 0.6) is 0 Å². The van der Waals surface area contributed by atoms with Crippen LogP contribution in [-0.4, -0.2) is 34.6 Å². The molecule has 0 spiro atoms. The summed E-state index contributed by atoms with van der Waals surface area (Å²) >= 11 is 6.28. The van der Waals surface area contributed by atoms with Gasteiger partial charge in [-0.1, -0.05) is 76.1 Å². The summed E-state index contributed by atoms with van der Waals surface area (Å²) in [4.78, 5) is 6.82. The zero-order chi connectivity index (χ0) is 19.5. The number of pyridine rings is 1. The maximum Gasteiger partial charge on any atom is 0.0924 e. The van der Waals surface area contributed by atoms with Crippen molar-refractivity contribution in [2.75, 3.05) is 19.6 Å². The molecule has 1 atom stereocenters. The third-order valence-electron chi connectivity index (χ3n) is 5.20. The number of aliphatic hydroxyl groups excluding tert-OH is 1. The minimum atomic E-state index is -0.522. The third kappa shape index (κ3) is 7.87. The maximum atomic E-state index is 11.0. The Morgan fingerprint density at radius 1 is 0.964 bits per heavy atom. The normalized spacial score (nSPS) is 12.3. The predicted molar refractivity (Wildman–Crippen MR) is 124 cm³/mol. The van der Waals surface area contributed by atoms with E-state index in [0.717, 1.165) is 29.6 Å². The van der Waals surface area contributed by atoms with Gasteiger partial charge in [0.05, 0.1) is 16.6 Å². The highest BCUT2D eigenvalue weighted by atomic mass is 35.5. The Labute approximate surface area is 181 Å². The molecule has 0 radical (unpaired) electrons. The smallest absolute Gasteiger partial charge is 0.0924 e. The summed E-state index contributed by atoms with van der Waals surface area (Å²) in [6.45, 7) is 7.28. The summed E-state index contributed by atoms with van der Waals surface area (Å²) < 4.78 is 0. The average molecular weight is 427 g/mol. The van der Waals surface area contributed by atoms with Gasteiger partial charge >= 0.3 is 0 Å². The van der Waals surface area contributed by atoms with E-state index in [1.165, 1.54) is 51.4 Å². The summed E-state index contributed by atoms with van der Waals surface area (Å²) in [6.07, 6.45) is 11.3. The monoisotopic (exact) mass is 426 g/mol. The van der Waals surface area contributed by atoms with E-state index in [2.05, 4.69) is 23.7 Å². The molecule has 2 aromatic rings. The van der Waals surface area contributed by atoms with Gasteiger partial charge in [0, 0.05) is 18.1 Å². The van der Waals surface area contributed by atoms with Crippen LogP contribution < -0.4 is 0 Å². The number of para-hydroxylation sites is 1. The summed E-state index contributed by atoms with van der Waals surface area (Å²) in [5.74, 6) is 0. The van der Waals surface area contributed by atoms with Gasteiger partial charge in [-0.15, -0.1) is 12.4 Å². The molecule has 0 aliphatic carbocycles. The van der Waals surface area contributed by atoms with E-state index in [0.29, 0.717) is 11.6 Å². The predicted octanol–water partition coefficient (Wildman–Crippen LogP) is 6.81. The van der Waals surface area contributed by atoms with E-state index in [-0.39, 0.29) is 12.4 Å². The number of halogens is 2. The van der Waals surface area contributed by atoms with Crippen LogP contribution in [0, 0.1) is 0 Å². The number of fused-ring (bicyclic) bond motifs is 1. The second kappa shape index (κ2) is 14.2. The van der Waals surface area contributed by atoms with E-state index in [9.17, 15) is 5.11 Å². The topological polar surface area (TPSA) is 36.4 Å². The van der Waals surface area contributed by atoms with Gasteiger partial charge in [0.2, 0.25) is 0 Å². The number of rotatable bonds is 13. The first kappa shape index (κ1) is 25.2. The molecule has 0 aliphatic rings. The fourth-order valence-corrected chi connectivity index (χ4v) is 3.84. The molecule has 0 aliphatic heterocycles. The molecule has 1 N–H and O–H groups in total. The Bertz CT molecular complexity index is 669. The molecular weight excluding hydrogens is 391 g/mol. The fraction of sp³-hybridized carbons (Fsp3) is 0.609. The molecule has 0 amide bonds. The van der Waals surface area contributed by atoms with Crippen molar-refractivity contribution in [1.29, 1.82) is 0 Å². The molecule has 0 saturated carbocycles. The van der Waals surface area contributed by atoms with Crippen LogP contribution >= 0.6 is 24.0 Å². The molecule has 3 nitrogen and oxygen atoms in total. The molecule has 0 bridgehead atoms. The molecular formula is C23H36Cl2N2O. The molecule has 1 heterocycles. The lowest BCUT2D eigenvalue weighted by atomic mass is 10.0. The van der Waals surface area contributed by atoms with Crippen LogP contribution in [0.2, 0.25) is 5.02 Å². The van der Waals surface area contributed by atoms with Crippen LogP contribution in [0.4, 0.5) is 0 Å². The highest BCUT2D eigenvalue weighted by Crippen LogP contribution is 2.28. The zero-order valence-corrected chi connectivity index (χ0v) is 18.9. The molecule has 1 unspecified atom stereocenters. The van der Waals surface area contributed by atoms with Crippen molar-refractivity contribution in [3.05, 3.63) is 41.0 Å². The number of aliphatic hydroxyl groups is 1. The molecule has 158 valence electrons. The lowest BCUT2D eigenvalue weighted by molar-refractivity contribution is 0.111. The molecule has 0 saturated heterocycles. The average Bonchev–Trinajstić information content (AvgIpc) is 2.68. The van der Waals surface area contributed by atoms with Crippen molar-refractivity contribution < 1.29 is 5.11 Å². The van der Waals surface area contributed by atoms with Crippen LogP contribution in [0.1, 0.15) is 76.9 Å². The minimum Gasteiger partial charge on any atom is -0.387 e. The Kier molecular flexibility index (Phi) is 12.7. The number of nitrogens with zero attached hydrogens (tertiary/aromatic N) is 2. The summed E-state index contributed by atoms with van der Waals surface area (Å²) in [7, 11) is 0. The minimum absolute atomic E-state index is 0. The van der Waals surface area contributed by atoms with Gasteiger partial charge in [0.25, 0.3) is 0 Å². The first-order chi connectivity index (χ1) is 13.2. The standard InChI is InChI=1S/C23H35ClN2O.ClH/c1-3-5-7-9-16-26(17-10-8-6-4-2)18-22(27)19-14-15-25-23-20(19)12-11-13-21(23)24;/h11-15,22,27H,3-10,16-18H2,1-2H3;1H. The summed E-state index contributed by atoms with van der Waals surface area (Å²) in [5, 5.41) is 12.6. The van der Waals surface area contributed by atoms with Crippen molar-refractivity contribution >= 4 is 34.9 Å². The number of hydrogen-bond donors (Lipinski definition) is 1. The SMILES string of the molecule is CCCCCCN(CCCCCC)CC(O)c1ccnc2c(Cl)cccc12.Cl. The maximum absolute atomic E-state index is 11.0. The highest BCUT2D eigenvalue weighted by molar-refractivity contribution is 6.35. The number of aromatic nitrogens is 1. The van der Waals surface area contributed by atoms with Crippen molar-refractivity contribution in [1.82, 2.24) is 9.88 Å². The van der Waals surface area contributed by atoms with E-state index in [1.54, 1.807) is 6.20 Å². The van der Waals surface area contributed by atoms with E-state index in [1.807, 2.05) is 24.3 Å². The first-order valence-corrected chi connectivity index (χ1v) is 11.0. The summed E-state index contributed by atoms with van der Waals surface area (Å²) in [5.41, 5.74) is 1.70. The Balaban J connectivity index is 0.00000392. The van der Waals surface area contributed by atoms with Crippen molar-refractivity contribution in [2.24, 2.45) is 0 Å². The lowest BCUT2D eigenvalue weighted by Crippen LogP contribution is -2.31. The molecule has 5 heteroatoms. The number of benzene rings is 1. The zero-order valence-electron chi connectivity index (χ0n) is 17.4. The van der Waals surface area contributed by atoms with Gasteiger partial charge < -0.3 is 10.0 Å². The van der Waals surface area contributed by atoms with E-state index in [4.69, 9.17) is 11.6 Å². The first-order valence-electron chi connectivity index (χ1n) is 10.6. The van der Waals surface area contributed by atoms with Crippen LogP contribution in [0.3, 0.4) is 0 Å². The molecule has 2 rings (SSSR count). The lowest BCUT2D eigenvalue weighted by Gasteiger charge is -2.26. The Morgan fingerprint density at radius 2 is 1.61 bits per heavy atom. The van der Waals surface area contributed by atoms with E-state index >= 15 is 0 Å². The molecule has 1 aromatic carbocycles. The van der Waals surface area contributed by atoms with Crippen molar-refractivity contribution in [3.63, 3.8) is 0 Å².